The van der Waals surface area contributed by atoms with E-state index in [9.17, 15) is 4.79 Å². The maximum Gasteiger partial charge on any atom is 0.306 e. The van der Waals surface area contributed by atoms with Gasteiger partial charge in [0, 0.05) is 35.5 Å². The molecule has 0 aliphatic carbocycles. The first-order valence-electron chi connectivity index (χ1n) is 6.82. The Kier molecular flexibility index (Phi) is 6.49. The predicted octanol–water partition coefficient (Wildman–Crippen LogP) is 3.43. The van der Waals surface area contributed by atoms with Crippen LogP contribution in [0.15, 0.2) is 23.4 Å². The minimum atomic E-state index is -0.439. The molecule has 0 radical (unpaired) electrons. The van der Waals surface area contributed by atoms with Gasteiger partial charge in [-0.05, 0) is 44.9 Å². The van der Waals surface area contributed by atoms with Gasteiger partial charge in [0.05, 0.1) is 6.54 Å². The molecule has 1 N–H and O–H groups in total. The minimum absolute atomic E-state index is 0.192. The fourth-order valence-corrected chi connectivity index (χ4v) is 1.64. The van der Waals surface area contributed by atoms with Crippen molar-refractivity contribution < 1.29 is 9.53 Å². The van der Waals surface area contributed by atoms with E-state index in [0.29, 0.717) is 25.1 Å². The number of esters is 1. The SMILES string of the molecule is CC(C)(C)OC(=O)CCCNc1ccnc(CN=[N+]=[N-])c1. The molecule has 1 heterocycles. The second kappa shape index (κ2) is 8.11. The summed E-state index contributed by atoms with van der Waals surface area (Å²) in [6.07, 6.45) is 2.71. The van der Waals surface area contributed by atoms with Crippen LogP contribution >= 0.6 is 0 Å². The molecule has 0 fully saturated rings. The lowest BCUT2D eigenvalue weighted by Crippen LogP contribution is -2.24. The maximum atomic E-state index is 11.5. The molecule has 0 aromatic carbocycles. The number of hydrogen-bond donors (Lipinski definition) is 1. The van der Waals surface area contributed by atoms with Gasteiger partial charge in [0.1, 0.15) is 5.60 Å². The van der Waals surface area contributed by atoms with Crippen molar-refractivity contribution in [2.45, 2.75) is 45.8 Å². The van der Waals surface area contributed by atoms with Crippen LogP contribution in [0.25, 0.3) is 10.4 Å². The van der Waals surface area contributed by atoms with Gasteiger partial charge in [-0.2, -0.15) is 0 Å². The number of pyridine rings is 1. The Balaban J connectivity index is 2.32. The maximum absolute atomic E-state index is 11.5. The van der Waals surface area contributed by atoms with Crippen LogP contribution in [-0.2, 0) is 16.1 Å². The summed E-state index contributed by atoms with van der Waals surface area (Å²) in [5.74, 6) is -0.192. The summed E-state index contributed by atoms with van der Waals surface area (Å²) in [6.45, 7) is 6.44. The van der Waals surface area contributed by atoms with E-state index in [1.165, 1.54) is 0 Å². The van der Waals surface area contributed by atoms with E-state index >= 15 is 0 Å². The second-order valence-corrected chi connectivity index (χ2v) is 5.54. The molecular weight excluding hydrogens is 270 g/mol. The summed E-state index contributed by atoms with van der Waals surface area (Å²) in [6, 6.07) is 3.65. The molecule has 0 atom stereocenters. The van der Waals surface area contributed by atoms with Gasteiger partial charge in [-0.25, -0.2) is 0 Å². The Morgan fingerprint density at radius 2 is 2.29 bits per heavy atom. The highest BCUT2D eigenvalue weighted by atomic mass is 16.6. The van der Waals surface area contributed by atoms with E-state index in [1.807, 2.05) is 32.9 Å². The molecule has 0 bridgehead atoms. The molecule has 0 aliphatic rings. The number of ether oxygens (including phenoxy) is 1. The monoisotopic (exact) mass is 291 g/mol. The third-order valence-electron chi connectivity index (χ3n) is 2.42. The third kappa shape index (κ3) is 7.79. The Bertz CT molecular complexity index is 518. The number of carbonyl (C=O) groups is 1. The standard InChI is InChI=1S/C14H21N5O2/c1-14(2,3)21-13(20)5-4-7-16-11-6-8-17-12(9-11)10-18-19-15/h6,8-9H,4-5,7,10H2,1-3H3,(H,16,17). The minimum Gasteiger partial charge on any atom is -0.460 e. The number of azide groups is 1. The molecule has 7 nitrogen and oxygen atoms in total. The zero-order valence-corrected chi connectivity index (χ0v) is 12.7. The fourth-order valence-electron chi connectivity index (χ4n) is 1.64. The van der Waals surface area contributed by atoms with Gasteiger partial charge in [-0.3, -0.25) is 9.78 Å². The number of hydrogen-bond acceptors (Lipinski definition) is 5. The van der Waals surface area contributed by atoms with Crippen LogP contribution in [0.1, 0.15) is 39.3 Å². The second-order valence-electron chi connectivity index (χ2n) is 5.54. The molecule has 114 valence electrons. The van der Waals surface area contributed by atoms with Crippen molar-refractivity contribution in [3.63, 3.8) is 0 Å². The molecule has 7 heteroatoms. The van der Waals surface area contributed by atoms with Crippen molar-refractivity contribution in [1.82, 2.24) is 4.98 Å². The van der Waals surface area contributed by atoms with Crippen molar-refractivity contribution in [2.24, 2.45) is 5.11 Å². The number of nitrogens with one attached hydrogen (secondary N) is 1. The van der Waals surface area contributed by atoms with Crippen molar-refractivity contribution in [3.8, 4) is 0 Å². The third-order valence-corrected chi connectivity index (χ3v) is 2.42. The highest BCUT2D eigenvalue weighted by Gasteiger charge is 2.15. The Hall–Kier alpha value is -2.27. The summed E-state index contributed by atoms with van der Waals surface area (Å²) in [5, 5.41) is 6.66. The van der Waals surface area contributed by atoms with Crippen LogP contribution < -0.4 is 5.32 Å². The number of anilines is 1. The quantitative estimate of drug-likeness (QED) is 0.273. The summed E-state index contributed by atoms with van der Waals surface area (Å²) in [4.78, 5) is 18.3. The zero-order chi connectivity index (χ0) is 15.7. The molecule has 0 saturated carbocycles. The first kappa shape index (κ1) is 16.8. The van der Waals surface area contributed by atoms with E-state index in [1.54, 1.807) is 6.20 Å². The lowest BCUT2D eigenvalue weighted by Gasteiger charge is -2.19. The van der Waals surface area contributed by atoms with Crippen LogP contribution in [0.4, 0.5) is 5.69 Å². The van der Waals surface area contributed by atoms with Gasteiger partial charge < -0.3 is 10.1 Å². The first-order chi connectivity index (χ1) is 9.90. The Labute approximate surface area is 124 Å². The molecule has 21 heavy (non-hydrogen) atoms. The number of aromatic nitrogens is 1. The average molecular weight is 291 g/mol. The van der Waals surface area contributed by atoms with Crippen molar-refractivity contribution in [3.05, 3.63) is 34.5 Å². The molecule has 1 rings (SSSR count). The predicted molar refractivity (Wildman–Crippen MR) is 80.7 cm³/mol. The molecule has 1 aromatic rings. The smallest absolute Gasteiger partial charge is 0.306 e. The van der Waals surface area contributed by atoms with Crippen molar-refractivity contribution in [1.29, 1.82) is 0 Å². The van der Waals surface area contributed by atoms with Crippen molar-refractivity contribution in [2.75, 3.05) is 11.9 Å². The lowest BCUT2D eigenvalue weighted by molar-refractivity contribution is -0.154. The van der Waals surface area contributed by atoms with Crippen LogP contribution in [0, 0.1) is 0 Å². The van der Waals surface area contributed by atoms with Gasteiger partial charge in [-0.15, -0.1) is 0 Å². The molecular formula is C14H21N5O2. The molecule has 0 spiro atoms. The average Bonchev–Trinajstić information content (AvgIpc) is 2.40. The van der Waals surface area contributed by atoms with Gasteiger partial charge >= 0.3 is 5.97 Å². The number of rotatable bonds is 7. The van der Waals surface area contributed by atoms with E-state index < -0.39 is 5.60 Å². The normalized spacial score (nSPS) is 10.6. The van der Waals surface area contributed by atoms with E-state index in [0.717, 1.165) is 5.69 Å². The fraction of sp³-hybridized carbons (Fsp3) is 0.571. The lowest BCUT2D eigenvalue weighted by atomic mass is 10.2. The highest BCUT2D eigenvalue weighted by Crippen LogP contribution is 2.11. The summed E-state index contributed by atoms with van der Waals surface area (Å²) < 4.78 is 5.23. The van der Waals surface area contributed by atoms with Crippen molar-refractivity contribution >= 4 is 11.7 Å². The number of nitrogens with zero attached hydrogens (tertiary/aromatic N) is 4. The molecule has 0 unspecified atom stereocenters. The van der Waals surface area contributed by atoms with Gasteiger partial charge in [0.2, 0.25) is 0 Å². The topological polar surface area (TPSA) is 100.0 Å². The summed E-state index contributed by atoms with van der Waals surface area (Å²) in [5.41, 5.74) is 9.42. The summed E-state index contributed by atoms with van der Waals surface area (Å²) in [7, 11) is 0. The molecule has 0 saturated heterocycles. The van der Waals surface area contributed by atoms with Gasteiger partial charge in [0.25, 0.3) is 0 Å². The largest absolute Gasteiger partial charge is 0.460 e. The Morgan fingerprint density at radius 3 is 2.95 bits per heavy atom. The van der Waals surface area contributed by atoms with Crippen LogP contribution in [0.3, 0.4) is 0 Å². The van der Waals surface area contributed by atoms with E-state index in [-0.39, 0.29) is 12.5 Å². The summed E-state index contributed by atoms with van der Waals surface area (Å²) >= 11 is 0. The van der Waals surface area contributed by atoms with E-state index in [4.69, 9.17) is 10.3 Å². The van der Waals surface area contributed by atoms with Gasteiger partial charge in [-0.1, -0.05) is 5.11 Å². The molecule has 0 aliphatic heterocycles. The van der Waals surface area contributed by atoms with E-state index in [2.05, 4.69) is 20.3 Å². The molecule has 1 aromatic heterocycles. The zero-order valence-electron chi connectivity index (χ0n) is 12.7. The number of carbonyl (C=O) groups excluding carboxylic acids is 1. The molecule has 0 amide bonds. The van der Waals surface area contributed by atoms with Crippen LogP contribution in [-0.4, -0.2) is 23.1 Å². The van der Waals surface area contributed by atoms with Crippen LogP contribution in [0.5, 0.6) is 0 Å². The van der Waals surface area contributed by atoms with Gasteiger partial charge in [0.15, 0.2) is 0 Å². The Morgan fingerprint density at radius 1 is 1.52 bits per heavy atom. The first-order valence-corrected chi connectivity index (χ1v) is 6.82. The van der Waals surface area contributed by atoms with Crippen LogP contribution in [0.2, 0.25) is 0 Å². The highest BCUT2D eigenvalue weighted by molar-refractivity contribution is 5.69.